The number of amides is 2. The molecule has 124 valence electrons. The fourth-order valence-corrected chi connectivity index (χ4v) is 2.11. The monoisotopic (exact) mass is 318 g/mol. The van der Waals surface area contributed by atoms with Crippen LogP contribution in [0.5, 0.6) is 0 Å². The summed E-state index contributed by atoms with van der Waals surface area (Å²) in [5.74, 6) is -0.624. The third-order valence-corrected chi connectivity index (χ3v) is 3.26. The van der Waals surface area contributed by atoms with Crippen molar-refractivity contribution >= 4 is 17.5 Å². The third-order valence-electron chi connectivity index (χ3n) is 3.26. The van der Waals surface area contributed by atoms with Crippen LogP contribution in [-0.2, 0) is 11.3 Å². The van der Waals surface area contributed by atoms with Gasteiger partial charge in [0.25, 0.3) is 5.91 Å². The summed E-state index contributed by atoms with van der Waals surface area (Å²) in [4.78, 5) is 24.0. The van der Waals surface area contributed by atoms with E-state index in [9.17, 15) is 9.59 Å². The lowest BCUT2D eigenvalue weighted by Crippen LogP contribution is -2.34. The van der Waals surface area contributed by atoms with Crippen LogP contribution < -0.4 is 10.6 Å². The van der Waals surface area contributed by atoms with Crippen molar-refractivity contribution in [2.24, 2.45) is 0 Å². The quantitative estimate of drug-likeness (QED) is 0.841. The lowest BCUT2D eigenvalue weighted by atomic mass is 10.3. The Kier molecular flexibility index (Phi) is 5.15. The highest BCUT2D eigenvalue weighted by atomic mass is 16.2. The van der Waals surface area contributed by atoms with Gasteiger partial charge in [-0.3, -0.25) is 19.0 Å². The summed E-state index contributed by atoms with van der Waals surface area (Å²) in [5, 5.41) is 13.6. The Hall–Kier alpha value is -2.64. The van der Waals surface area contributed by atoms with Gasteiger partial charge in [-0.2, -0.15) is 10.2 Å². The molecule has 0 atom stereocenters. The Morgan fingerprint density at radius 3 is 2.70 bits per heavy atom. The maximum atomic E-state index is 12.1. The molecule has 0 spiro atoms. The van der Waals surface area contributed by atoms with Crippen LogP contribution in [0, 0.1) is 6.92 Å². The van der Waals surface area contributed by atoms with Gasteiger partial charge in [0, 0.05) is 18.8 Å². The third kappa shape index (κ3) is 4.18. The Morgan fingerprint density at radius 1 is 1.35 bits per heavy atom. The lowest BCUT2D eigenvalue weighted by molar-refractivity contribution is -0.115. The van der Waals surface area contributed by atoms with Crippen molar-refractivity contribution in [2.45, 2.75) is 40.3 Å². The number of aromatic nitrogens is 4. The van der Waals surface area contributed by atoms with Gasteiger partial charge < -0.3 is 10.6 Å². The Bertz CT molecular complexity index is 701. The van der Waals surface area contributed by atoms with E-state index in [1.54, 1.807) is 27.8 Å². The Morgan fingerprint density at radius 2 is 2.09 bits per heavy atom. The molecular formula is C15H22N6O2. The van der Waals surface area contributed by atoms with E-state index in [2.05, 4.69) is 20.8 Å². The van der Waals surface area contributed by atoms with Gasteiger partial charge in [-0.25, -0.2) is 0 Å². The molecule has 0 aromatic carbocycles. The van der Waals surface area contributed by atoms with Crippen molar-refractivity contribution in [3.05, 3.63) is 29.8 Å². The SMILES string of the molecule is CCn1nc(C)cc1C(=O)NCC(=O)Nc1cnn(C(C)C)c1. The van der Waals surface area contributed by atoms with Crippen molar-refractivity contribution < 1.29 is 9.59 Å². The topological polar surface area (TPSA) is 93.8 Å². The molecular weight excluding hydrogens is 296 g/mol. The normalized spacial score (nSPS) is 10.8. The number of rotatable bonds is 6. The molecule has 0 radical (unpaired) electrons. The first-order valence-electron chi connectivity index (χ1n) is 7.57. The van der Waals surface area contributed by atoms with Gasteiger partial charge >= 0.3 is 0 Å². The molecule has 2 heterocycles. The molecule has 0 aliphatic rings. The van der Waals surface area contributed by atoms with E-state index in [0.29, 0.717) is 17.9 Å². The number of carbonyl (C=O) groups is 2. The fraction of sp³-hybridized carbons (Fsp3) is 0.467. The first-order valence-corrected chi connectivity index (χ1v) is 7.57. The fourth-order valence-electron chi connectivity index (χ4n) is 2.11. The van der Waals surface area contributed by atoms with E-state index in [0.717, 1.165) is 5.69 Å². The summed E-state index contributed by atoms with van der Waals surface area (Å²) in [5.41, 5.74) is 1.82. The van der Waals surface area contributed by atoms with Gasteiger partial charge in [0.2, 0.25) is 5.91 Å². The number of nitrogens with zero attached hydrogens (tertiary/aromatic N) is 4. The maximum absolute atomic E-state index is 12.1. The molecule has 2 aromatic rings. The second kappa shape index (κ2) is 7.08. The largest absolute Gasteiger partial charge is 0.342 e. The molecule has 0 saturated carbocycles. The standard InChI is InChI=1S/C15H22N6O2/c1-5-20-13(6-11(4)19-20)15(23)16-8-14(22)18-12-7-17-21(9-12)10(2)3/h6-7,9-10H,5,8H2,1-4H3,(H,16,23)(H,18,22). The van der Waals surface area contributed by atoms with Crippen LogP contribution in [0.15, 0.2) is 18.5 Å². The van der Waals surface area contributed by atoms with Crippen molar-refractivity contribution in [1.82, 2.24) is 24.9 Å². The highest BCUT2D eigenvalue weighted by Gasteiger charge is 2.14. The van der Waals surface area contributed by atoms with Crippen LogP contribution in [0.4, 0.5) is 5.69 Å². The number of aryl methyl sites for hydroxylation is 2. The van der Waals surface area contributed by atoms with Crippen LogP contribution >= 0.6 is 0 Å². The summed E-state index contributed by atoms with van der Waals surface area (Å²) >= 11 is 0. The summed E-state index contributed by atoms with van der Waals surface area (Å²) < 4.78 is 3.35. The van der Waals surface area contributed by atoms with Gasteiger partial charge in [-0.15, -0.1) is 0 Å². The Balaban J connectivity index is 1.89. The van der Waals surface area contributed by atoms with Gasteiger partial charge in [-0.1, -0.05) is 0 Å². The van der Waals surface area contributed by atoms with Crippen LogP contribution in [-0.4, -0.2) is 37.9 Å². The maximum Gasteiger partial charge on any atom is 0.269 e. The minimum Gasteiger partial charge on any atom is -0.342 e. The Labute approximate surface area is 134 Å². The number of carbonyl (C=O) groups excluding carboxylic acids is 2. The minimum atomic E-state index is -0.319. The molecule has 2 rings (SSSR count). The van der Waals surface area contributed by atoms with Crippen LogP contribution in [0.25, 0.3) is 0 Å². The van der Waals surface area contributed by atoms with E-state index in [4.69, 9.17) is 0 Å². The molecule has 0 bridgehead atoms. The predicted octanol–water partition coefficient (Wildman–Crippen LogP) is 1.36. The van der Waals surface area contributed by atoms with E-state index >= 15 is 0 Å². The van der Waals surface area contributed by atoms with Gasteiger partial charge in [0.1, 0.15) is 5.69 Å². The van der Waals surface area contributed by atoms with Crippen molar-refractivity contribution in [2.75, 3.05) is 11.9 Å². The van der Waals surface area contributed by atoms with E-state index in [1.165, 1.54) is 0 Å². The highest BCUT2D eigenvalue weighted by molar-refractivity contribution is 5.98. The molecule has 23 heavy (non-hydrogen) atoms. The number of hydrogen-bond acceptors (Lipinski definition) is 4. The van der Waals surface area contributed by atoms with Crippen LogP contribution in [0.2, 0.25) is 0 Å². The molecule has 2 aromatic heterocycles. The molecule has 2 amide bonds. The molecule has 0 fully saturated rings. The molecule has 8 nitrogen and oxygen atoms in total. The molecule has 0 aliphatic carbocycles. The van der Waals surface area contributed by atoms with Crippen molar-refractivity contribution in [3.8, 4) is 0 Å². The van der Waals surface area contributed by atoms with E-state index in [-0.39, 0.29) is 24.4 Å². The van der Waals surface area contributed by atoms with Crippen molar-refractivity contribution in [1.29, 1.82) is 0 Å². The summed E-state index contributed by atoms with van der Waals surface area (Å²) in [6, 6.07) is 1.92. The minimum absolute atomic E-state index is 0.111. The highest BCUT2D eigenvalue weighted by Crippen LogP contribution is 2.09. The predicted molar refractivity (Wildman–Crippen MR) is 86.2 cm³/mol. The summed E-state index contributed by atoms with van der Waals surface area (Å²) in [6.07, 6.45) is 3.33. The smallest absolute Gasteiger partial charge is 0.269 e. The summed E-state index contributed by atoms with van der Waals surface area (Å²) in [6.45, 7) is 8.20. The zero-order chi connectivity index (χ0) is 17.0. The molecule has 2 N–H and O–H groups in total. The zero-order valence-electron chi connectivity index (χ0n) is 13.8. The van der Waals surface area contributed by atoms with Gasteiger partial charge in [0.15, 0.2) is 0 Å². The molecule has 0 saturated heterocycles. The average molecular weight is 318 g/mol. The van der Waals surface area contributed by atoms with Crippen molar-refractivity contribution in [3.63, 3.8) is 0 Å². The van der Waals surface area contributed by atoms with Gasteiger partial charge in [-0.05, 0) is 33.8 Å². The molecule has 8 heteroatoms. The van der Waals surface area contributed by atoms with Crippen LogP contribution in [0.1, 0.15) is 43.0 Å². The summed E-state index contributed by atoms with van der Waals surface area (Å²) in [7, 11) is 0. The first-order chi connectivity index (χ1) is 10.9. The van der Waals surface area contributed by atoms with Gasteiger partial charge in [0.05, 0.1) is 24.1 Å². The number of nitrogens with one attached hydrogen (secondary N) is 2. The van der Waals surface area contributed by atoms with E-state index in [1.807, 2.05) is 27.7 Å². The molecule has 0 aliphatic heterocycles. The number of anilines is 1. The molecule has 0 unspecified atom stereocenters. The number of hydrogen-bond donors (Lipinski definition) is 2. The second-order valence-electron chi connectivity index (χ2n) is 5.52. The first kappa shape index (κ1) is 16.7. The second-order valence-corrected chi connectivity index (χ2v) is 5.52. The van der Waals surface area contributed by atoms with Crippen LogP contribution in [0.3, 0.4) is 0 Å². The zero-order valence-corrected chi connectivity index (χ0v) is 13.8. The lowest BCUT2D eigenvalue weighted by Gasteiger charge is -2.07. The average Bonchev–Trinajstić information content (AvgIpc) is 3.11. The van der Waals surface area contributed by atoms with E-state index < -0.39 is 0 Å².